The molecule has 0 radical (unpaired) electrons. The summed E-state index contributed by atoms with van der Waals surface area (Å²) in [4.78, 5) is 11.7. The highest BCUT2D eigenvalue weighted by molar-refractivity contribution is 5.78. The maximum absolute atomic E-state index is 11.7. The molecule has 1 amide bonds. The van der Waals surface area contributed by atoms with Gasteiger partial charge in [0.2, 0.25) is 5.91 Å². The Balaban J connectivity index is 1.75. The van der Waals surface area contributed by atoms with Gasteiger partial charge in [0.25, 0.3) is 0 Å². The maximum Gasteiger partial charge on any atom is 0.226 e. The van der Waals surface area contributed by atoms with E-state index < -0.39 is 0 Å². The molecule has 100 valence electrons. The van der Waals surface area contributed by atoms with E-state index >= 15 is 0 Å². The first kappa shape index (κ1) is 13.1. The average molecular weight is 251 g/mol. The van der Waals surface area contributed by atoms with Gasteiger partial charge in [0.05, 0.1) is 12.5 Å². The highest BCUT2D eigenvalue weighted by Crippen LogP contribution is 2.25. The second-order valence-electron chi connectivity index (χ2n) is 5.19. The molecule has 5 nitrogen and oxygen atoms in total. The Morgan fingerprint density at radius 2 is 2.50 bits per heavy atom. The Labute approximate surface area is 107 Å². The van der Waals surface area contributed by atoms with Crippen LogP contribution in [0.5, 0.6) is 0 Å². The molecule has 2 rings (SSSR count). The van der Waals surface area contributed by atoms with Crippen molar-refractivity contribution in [2.45, 2.75) is 32.8 Å². The summed E-state index contributed by atoms with van der Waals surface area (Å²) >= 11 is 0. The number of nitrogens with one attached hydrogen (secondary N) is 2. The van der Waals surface area contributed by atoms with Gasteiger partial charge in [-0.15, -0.1) is 0 Å². The van der Waals surface area contributed by atoms with Crippen LogP contribution in [0.25, 0.3) is 0 Å². The zero-order chi connectivity index (χ0) is 13.0. The maximum atomic E-state index is 11.7. The molecule has 2 atom stereocenters. The lowest BCUT2D eigenvalue weighted by Crippen LogP contribution is -2.35. The van der Waals surface area contributed by atoms with Crippen LogP contribution in [0.3, 0.4) is 0 Å². The Bertz CT molecular complexity index is 376. The van der Waals surface area contributed by atoms with Crippen LogP contribution in [-0.4, -0.2) is 35.4 Å². The zero-order valence-corrected chi connectivity index (χ0v) is 11.0. The molecule has 1 fully saturated rings. The van der Waals surface area contributed by atoms with E-state index in [1.54, 1.807) is 6.20 Å². The number of aromatic nitrogens is 2. The van der Waals surface area contributed by atoms with Gasteiger partial charge in [0, 0.05) is 31.0 Å². The van der Waals surface area contributed by atoms with E-state index in [1.807, 2.05) is 6.07 Å². The molecule has 0 unspecified atom stereocenters. The number of hydrogen-bond donors (Lipinski definition) is 2. The van der Waals surface area contributed by atoms with Crippen LogP contribution in [0.15, 0.2) is 12.3 Å². The number of carbonyl (C=O) groups is 1. The molecule has 1 saturated heterocycles. The van der Waals surface area contributed by atoms with Gasteiger partial charge >= 0.3 is 0 Å². The molecular formula is C13H21N3O2. The van der Waals surface area contributed by atoms with E-state index in [2.05, 4.69) is 29.4 Å². The number of carbonyl (C=O) groups excluding carboxylic acids is 1. The molecule has 1 aliphatic heterocycles. The van der Waals surface area contributed by atoms with Crippen molar-refractivity contribution in [2.24, 2.45) is 11.8 Å². The van der Waals surface area contributed by atoms with Crippen LogP contribution >= 0.6 is 0 Å². The van der Waals surface area contributed by atoms with Crippen molar-refractivity contribution in [3.05, 3.63) is 18.0 Å². The van der Waals surface area contributed by atoms with Crippen molar-refractivity contribution in [1.29, 1.82) is 0 Å². The van der Waals surface area contributed by atoms with E-state index in [0.717, 1.165) is 18.7 Å². The minimum absolute atomic E-state index is 0.0358. The normalized spacial score (nSPS) is 23.5. The smallest absolute Gasteiger partial charge is 0.226 e. The van der Waals surface area contributed by atoms with Gasteiger partial charge in [-0.05, 0) is 18.4 Å². The topological polar surface area (TPSA) is 67.0 Å². The molecule has 2 N–H and O–H groups in total. The van der Waals surface area contributed by atoms with E-state index in [-0.39, 0.29) is 12.0 Å². The van der Waals surface area contributed by atoms with Gasteiger partial charge < -0.3 is 10.1 Å². The predicted molar refractivity (Wildman–Crippen MR) is 68.0 cm³/mol. The molecule has 0 aromatic carbocycles. The number of amides is 1. The molecule has 1 aromatic heterocycles. The first-order valence-corrected chi connectivity index (χ1v) is 6.53. The molecule has 0 aliphatic carbocycles. The quantitative estimate of drug-likeness (QED) is 0.824. The highest BCUT2D eigenvalue weighted by Gasteiger charge is 2.30. The predicted octanol–water partition coefficient (Wildman–Crippen LogP) is 1.13. The van der Waals surface area contributed by atoms with Gasteiger partial charge in [0.1, 0.15) is 0 Å². The summed E-state index contributed by atoms with van der Waals surface area (Å²) in [5, 5.41) is 9.59. The zero-order valence-electron chi connectivity index (χ0n) is 11.0. The lowest BCUT2D eigenvalue weighted by molar-refractivity contribution is -0.120. The Morgan fingerprint density at radius 3 is 3.17 bits per heavy atom. The monoisotopic (exact) mass is 251 g/mol. The summed E-state index contributed by atoms with van der Waals surface area (Å²) < 4.78 is 5.70. The minimum Gasteiger partial charge on any atom is -0.378 e. The van der Waals surface area contributed by atoms with Crippen LogP contribution in [0.1, 0.15) is 26.0 Å². The summed E-state index contributed by atoms with van der Waals surface area (Å²) in [6.07, 6.45) is 3.33. The highest BCUT2D eigenvalue weighted by atomic mass is 16.5. The van der Waals surface area contributed by atoms with Crippen LogP contribution in [0, 0.1) is 11.8 Å². The molecule has 5 heteroatoms. The average Bonchev–Trinajstić information content (AvgIpc) is 2.96. The van der Waals surface area contributed by atoms with E-state index in [4.69, 9.17) is 4.74 Å². The van der Waals surface area contributed by atoms with Gasteiger partial charge in [-0.3, -0.25) is 9.89 Å². The second kappa shape index (κ2) is 6.00. The molecular weight excluding hydrogens is 230 g/mol. The molecule has 2 heterocycles. The van der Waals surface area contributed by atoms with Crippen LogP contribution < -0.4 is 5.32 Å². The van der Waals surface area contributed by atoms with Crippen LogP contribution in [0.2, 0.25) is 0 Å². The molecule has 1 aromatic rings. The fraction of sp³-hybridized carbons (Fsp3) is 0.692. The second-order valence-corrected chi connectivity index (χ2v) is 5.19. The Morgan fingerprint density at radius 1 is 1.67 bits per heavy atom. The van der Waals surface area contributed by atoms with Crippen molar-refractivity contribution in [3.63, 3.8) is 0 Å². The fourth-order valence-corrected chi connectivity index (χ4v) is 2.47. The molecule has 0 saturated carbocycles. The lowest BCUT2D eigenvalue weighted by Gasteiger charge is -2.22. The largest absolute Gasteiger partial charge is 0.378 e. The minimum atomic E-state index is 0.0358. The van der Waals surface area contributed by atoms with Crippen molar-refractivity contribution >= 4 is 5.91 Å². The third-order valence-electron chi connectivity index (χ3n) is 3.39. The molecule has 0 bridgehead atoms. The standard InChI is InChI=1S/C13H21N3O2/c1-9(2)13-10(4-6-18-13)8-14-12(17)7-11-3-5-15-16-11/h3,5,9-10,13H,4,6-8H2,1-2H3,(H,14,17)(H,15,16)/t10-,13-/m1/s1. The number of aromatic amines is 1. The first-order chi connectivity index (χ1) is 8.66. The summed E-state index contributed by atoms with van der Waals surface area (Å²) in [5.41, 5.74) is 0.843. The third kappa shape index (κ3) is 3.32. The number of nitrogens with zero attached hydrogens (tertiary/aromatic N) is 1. The van der Waals surface area contributed by atoms with Gasteiger partial charge in [-0.2, -0.15) is 5.10 Å². The van der Waals surface area contributed by atoms with E-state index in [9.17, 15) is 4.79 Å². The van der Waals surface area contributed by atoms with Crippen molar-refractivity contribution in [3.8, 4) is 0 Å². The van der Waals surface area contributed by atoms with Gasteiger partial charge in [-0.1, -0.05) is 13.8 Å². The first-order valence-electron chi connectivity index (χ1n) is 6.53. The van der Waals surface area contributed by atoms with E-state index in [1.165, 1.54) is 0 Å². The number of hydrogen-bond acceptors (Lipinski definition) is 3. The number of H-pyrrole nitrogens is 1. The molecule has 1 aliphatic rings. The van der Waals surface area contributed by atoms with Crippen molar-refractivity contribution < 1.29 is 9.53 Å². The lowest BCUT2D eigenvalue weighted by atomic mass is 9.93. The van der Waals surface area contributed by atoms with Gasteiger partial charge in [0.15, 0.2) is 0 Å². The third-order valence-corrected chi connectivity index (χ3v) is 3.39. The van der Waals surface area contributed by atoms with Crippen LogP contribution in [-0.2, 0) is 16.0 Å². The fourth-order valence-electron chi connectivity index (χ4n) is 2.47. The van der Waals surface area contributed by atoms with Crippen molar-refractivity contribution in [1.82, 2.24) is 15.5 Å². The van der Waals surface area contributed by atoms with Gasteiger partial charge in [-0.25, -0.2) is 0 Å². The summed E-state index contributed by atoms with van der Waals surface area (Å²) in [6.45, 7) is 5.84. The SMILES string of the molecule is CC(C)[C@H]1OCC[C@@H]1CNC(=O)Cc1ccn[nH]1. The Hall–Kier alpha value is -1.36. The van der Waals surface area contributed by atoms with Crippen molar-refractivity contribution in [2.75, 3.05) is 13.2 Å². The molecule has 0 spiro atoms. The number of rotatable bonds is 5. The summed E-state index contributed by atoms with van der Waals surface area (Å²) in [6, 6.07) is 1.81. The summed E-state index contributed by atoms with van der Waals surface area (Å²) in [7, 11) is 0. The van der Waals surface area contributed by atoms with Crippen LogP contribution in [0.4, 0.5) is 0 Å². The number of ether oxygens (including phenoxy) is 1. The Kier molecular flexibility index (Phi) is 4.36. The van der Waals surface area contributed by atoms with E-state index in [0.29, 0.717) is 24.8 Å². The molecule has 18 heavy (non-hydrogen) atoms. The summed E-state index contributed by atoms with van der Waals surface area (Å²) in [5.74, 6) is 0.978.